The second kappa shape index (κ2) is 7.41. The van der Waals surface area contributed by atoms with Crippen molar-refractivity contribution >= 4 is 17.4 Å². The predicted molar refractivity (Wildman–Crippen MR) is 89.2 cm³/mol. The topological polar surface area (TPSA) is 41.1 Å². The Bertz CT molecular complexity index is 470. The lowest BCUT2D eigenvalue weighted by Gasteiger charge is -2.29. The summed E-state index contributed by atoms with van der Waals surface area (Å²) in [6.45, 7) is 11.8. The molecule has 1 N–H and O–H groups in total. The Morgan fingerprint density at radius 2 is 1.81 bits per heavy atom. The van der Waals surface area contributed by atoms with Gasteiger partial charge in [0, 0.05) is 24.1 Å². The monoisotopic (exact) mass is 310 g/mol. The van der Waals surface area contributed by atoms with E-state index >= 15 is 0 Å². The number of nitrogens with one attached hydrogen (secondary N) is 1. The molecule has 1 aliphatic rings. The molecule has 21 heavy (non-hydrogen) atoms. The number of aromatic nitrogens is 2. The van der Waals surface area contributed by atoms with E-state index in [1.165, 1.54) is 32.4 Å². The second-order valence-electron chi connectivity index (χ2n) is 6.41. The van der Waals surface area contributed by atoms with Crippen molar-refractivity contribution in [2.75, 3.05) is 25.0 Å². The molecule has 5 heteroatoms. The van der Waals surface area contributed by atoms with E-state index in [0.29, 0.717) is 11.2 Å². The third kappa shape index (κ3) is 4.55. The van der Waals surface area contributed by atoms with Crippen molar-refractivity contribution in [2.24, 2.45) is 0 Å². The van der Waals surface area contributed by atoms with Crippen molar-refractivity contribution in [3.8, 4) is 0 Å². The minimum atomic E-state index is 0.279. The first-order chi connectivity index (χ1) is 9.97. The van der Waals surface area contributed by atoms with Crippen LogP contribution < -0.4 is 5.32 Å². The fourth-order valence-electron chi connectivity index (χ4n) is 2.71. The molecule has 2 heterocycles. The quantitative estimate of drug-likeness (QED) is 0.839. The molecule has 2 rings (SSSR count). The summed E-state index contributed by atoms with van der Waals surface area (Å²) in [5.74, 6) is 1.96. The Labute approximate surface area is 133 Å². The summed E-state index contributed by atoms with van der Waals surface area (Å²) in [5.41, 5.74) is 0.937. The summed E-state index contributed by atoms with van der Waals surface area (Å²) >= 11 is 6.24. The molecule has 0 saturated carbocycles. The molecule has 1 aromatic heterocycles. The second-order valence-corrected chi connectivity index (χ2v) is 6.77. The van der Waals surface area contributed by atoms with Gasteiger partial charge >= 0.3 is 0 Å². The van der Waals surface area contributed by atoms with E-state index in [-0.39, 0.29) is 5.92 Å². The van der Waals surface area contributed by atoms with Gasteiger partial charge in [-0.2, -0.15) is 0 Å². The van der Waals surface area contributed by atoms with Crippen LogP contribution in [0.4, 0.5) is 5.82 Å². The molecular weight excluding hydrogens is 284 g/mol. The SMILES string of the molecule is Cc1c(Cl)nc(C(C)C)nc1NC(C)CN1CCCCC1. The van der Waals surface area contributed by atoms with Crippen LogP contribution in [0.25, 0.3) is 0 Å². The lowest BCUT2D eigenvalue weighted by atomic mass is 10.1. The normalized spacial score (nSPS) is 18.0. The van der Waals surface area contributed by atoms with Gasteiger partial charge in [0.25, 0.3) is 0 Å². The maximum Gasteiger partial charge on any atom is 0.137 e. The zero-order valence-corrected chi connectivity index (χ0v) is 14.4. The van der Waals surface area contributed by atoms with Crippen molar-refractivity contribution in [3.05, 3.63) is 16.5 Å². The molecule has 1 atom stereocenters. The van der Waals surface area contributed by atoms with Crippen molar-refractivity contribution in [2.45, 2.75) is 58.9 Å². The zero-order valence-electron chi connectivity index (χ0n) is 13.6. The lowest BCUT2D eigenvalue weighted by Crippen LogP contribution is -2.38. The largest absolute Gasteiger partial charge is 0.366 e. The van der Waals surface area contributed by atoms with E-state index in [1.807, 2.05) is 6.92 Å². The van der Waals surface area contributed by atoms with E-state index in [0.717, 1.165) is 23.8 Å². The van der Waals surface area contributed by atoms with Gasteiger partial charge in [-0.15, -0.1) is 0 Å². The zero-order chi connectivity index (χ0) is 15.4. The van der Waals surface area contributed by atoms with Crippen molar-refractivity contribution < 1.29 is 0 Å². The van der Waals surface area contributed by atoms with Gasteiger partial charge in [-0.3, -0.25) is 0 Å². The van der Waals surface area contributed by atoms with Crippen LogP contribution in [0.2, 0.25) is 5.15 Å². The van der Waals surface area contributed by atoms with Gasteiger partial charge in [0.2, 0.25) is 0 Å². The Morgan fingerprint density at radius 1 is 1.14 bits per heavy atom. The molecule has 1 unspecified atom stereocenters. The number of nitrogens with zero attached hydrogens (tertiary/aromatic N) is 3. The Morgan fingerprint density at radius 3 is 2.43 bits per heavy atom. The minimum absolute atomic E-state index is 0.279. The smallest absolute Gasteiger partial charge is 0.137 e. The number of rotatable bonds is 5. The molecule has 0 spiro atoms. The Hall–Kier alpha value is -0.870. The van der Waals surface area contributed by atoms with Crippen molar-refractivity contribution in [3.63, 3.8) is 0 Å². The van der Waals surface area contributed by atoms with Crippen LogP contribution >= 0.6 is 11.6 Å². The van der Waals surface area contributed by atoms with Crippen LogP contribution in [0.3, 0.4) is 0 Å². The van der Waals surface area contributed by atoms with Crippen LogP contribution in [-0.4, -0.2) is 40.5 Å². The van der Waals surface area contributed by atoms with Gasteiger partial charge in [-0.25, -0.2) is 9.97 Å². The molecule has 0 aliphatic carbocycles. The fourth-order valence-corrected chi connectivity index (χ4v) is 2.89. The first kappa shape index (κ1) is 16.5. The van der Waals surface area contributed by atoms with Crippen LogP contribution in [0.5, 0.6) is 0 Å². The average molecular weight is 311 g/mol. The molecule has 0 aromatic carbocycles. The summed E-state index contributed by atoms with van der Waals surface area (Å²) in [4.78, 5) is 11.5. The Kier molecular flexibility index (Phi) is 5.82. The summed E-state index contributed by atoms with van der Waals surface area (Å²) in [6.07, 6.45) is 4.02. The highest BCUT2D eigenvalue weighted by molar-refractivity contribution is 6.30. The highest BCUT2D eigenvalue weighted by Gasteiger charge is 2.16. The summed E-state index contributed by atoms with van der Waals surface area (Å²) in [5, 5.41) is 4.07. The van der Waals surface area contributed by atoms with E-state index in [9.17, 15) is 0 Å². The van der Waals surface area contributed by atoms with Gasteiger partial charge in [-0.1, -0.05) is 31.9 Å². The molecule has 0 amide bonds. The number of halogens is 1. The molecular formula is C16H27ClN4. The minimum Gasteiger partial charge on any atom is -0.366 e. The highest BCUT2D eigenvalue weighted by atomic mass is 35.5. The molecule has 1 fully saturated rings. The molecule has 1 aromatic rings. The third-order valence-electron chi connectivity index (χ3n) is 3.98. The number of anilines is 1. The van der Waals surface area contributed by atoms with Crippen LogP contribution in [-0.2, 0) is 0 Å². The molecule has 1 aliphatic heterocycles. The summed E-state index contributed by atoms with van der Waals surface area (Å²) in [6, 6.07) is 0.354. The van der Waals surface area contributed by atoms with E-state index < -0.39 is 0 Å². The Balaban J connectivity index is 2.03. The number of hydrogen-bond acceptors (Lipinski definition) is 4. The van der Waals surface area contributed by atoms with Gasteiger partial charge < -0.3 is 10.2 Å². The highest BCUT2D eigenvalue weighted by Crippen LogP contribution is 2.23. The third-order valence-corrected chi connectivity index (χ3v) is 4.35. The standard InChI is InChI=1S/C16H27ClN4/c1-11(2)15-19-14(17)13(4)16(20-15)18-12(3)10-21-8-6-5-7-9-21/h11-12H,5-10H2,1-4H3,(H,18,19,20). The van der Waals surface area contributed by atoms with Crippen LogP contribution in [0.15, 0.2) is 0 Å². The van der Waals surface area contributed by atoms with Crippen molar-refractivity contribution in [1.82, 2.24) is 14.9 Å². The summed E-state index contributed by atoms with van der Waals surface area (Å²) in [7, 11) is 0. The molecule has 1 saturated heterocycles. The first-order valence-corrected chi connectivity index (χ1v) is 8.38. The predicted octanol–water partition coefficient (Wildman–Crippen LogP) is 3.85. The molecule has 4 nitrogen and oxygen atoms in total. The molecule has 118 valence electrons. The van der Waals surface area contributed by atoms with E-state index in [4.69, 9.17) is 11.6 Å². The van der Waals surface area contributed by atoms with Gasteiger partial charge in [0.15, 0.2) is 0 Å². The van der Waals surface area contributed by atoms with Crippen molar-refractivity contribution in [1.29, 1.82) is 0 Å². The van der Waals surface area contributed by atoms with E-state index in [2.05, 4.69) is 41.0 Å². The fraction of sp³-hybridized carbons (Fsp3) is 0.750. The number of likely N-dealkylation sites (tertiary alicyclic amines) is 1. The maximum atomic E-state index is 6.24. The van der Waals surface area contributed by atoms with Crippen LogP contribution in [0.1, 0.15) is 57.3 Å². The van der Waals surface area contributed by atoms with Gasteiger partial charge in [0.1, 0.15) is 16.8 Å². The van der Waals surface area contributed by atoms with E-state index in [1.54, 1.807) is 0 Å². The molecule has 0 radical (unpaired) electrons. The maximum absolute atomic E-state index is 6.24. The first-order valence-electron chi connectivity index (χ1n) is 8.00. The number of piperidine rings is 1. The average Bonchev–Trinajstić information content (AvgIpc) is 2.44. The molecule has 0 bridgehead atoms. The summed E-state index contributed by atoms with van der Waals surface area (Å²) < 4.78 is 0. The lowest BCUT2D eigenvalue weighted by molar-refractivity contribution is 0.223. The van der Waals surface area contributed by atoms with Crippen LogP contribution in [0, 0.1) is 6.92 Å². The van der Waals surface area contributed by atoms with Gasteiger partial charge in [0.05, 0.1) is 0 Å². The van der Waals surface area contributed by atoms with Gasteiger partial charge in [-0.05, 0) is 39.8 Å². The number of hydrogen-bond donors (Lipinski definition) is 1.